The van der Waals surface area contributed by atoms with Gasteiger partial charge in [-0.05, 0) is 29.9 Å². The van der Waals surface area contributed by atoms with Crippen LogP contribution in [0.1, 0.15) is 34.8 Å². The molecular formula is C23H26N2OS. The van der Waals surface area contributed by atoms with Crippen molar-refractivity contribution in [2.24, 2.45) is 5.92 Å². The van der Waals surface area contributed by atoms with Gasteiger partial charge in [0.2, 0.25) is 0 Å². The van der Waals surface area contributed by atoms with Crippen molar-refractivity contribution in [2.45, 2.75) is 18.2 Å². The molecule has 4 heteroatoms. The third kappa shape index (κ3) is 3.32. The van der Waals surface area contributed by atoms with E-state index in [2.05, 4.69) is 65.9 Å². The average molecular weight is 379 g/mol. The highest BCUT2D eigenvalue weighted by Crippen LogP contribution is 2.45. The molecular weight excluding hydrogens is 352 g/mol. The molecule has 2 aromatic rings. The molecule has 140 valence electrons. The fourth-order valence-electron chi connectivity index (χ4n) is 4.37. The van der Waals surface area contributed by atoms with Crippen molar-refractivity contribution in [3.05, 3.63) is 77.4 Å². The molecule has 1 N–H and O–H groups in total. The van der Waals surface area contributed by atoms with Crippen LogP contribution in [-0.2, 0) is 4.87 Å². The van der Waals surface area contributed by atoms with E-state index in [1.54, 1.807) is 11.8 Å². The predicted molar refractivity (Wildman–Crippen MR) is 114 cm³/mol. The van der Waals surface area contributed by atoms with Crippen LogP contribution >= 0.6 is 11.8 Å². The van der Waals surface area contributed by atoms with Crippen molar-refractivity contribution in [1.29, 1.82) is 0 Å². The van der Waals surface area contributed by atoms with E-state index in [1.165, 1.54) is 11.1 Å². The monoisotopic (exact) mass is 378 g/mol. The lowest BCUT2D eigenvalue weighted by Gasteiger charge is -2.38. The fraction of sp³-hybridized carbons (Fsp3) is 0.348. The molecule has 0 saturated carbocycles. The quantitative estimate of drug-likeness (QED) is 0.838. The van der Waals surface area contributed by atoms with Gasteiger partial charge < -0.3 is 5.32 Å². The molecule has 2 atom stereocenters. The van der Waals surface area contributed by atoms with E-state index in [1.807, 2.05) is 18.2 Å². The Balaban J connectivity index is 1.49. The Labute approximate surface area is 165 Å². The van der Waals surface area contributed by atoms with E-state index >= 15 is 0 Å². The summed E-state index contributed by atoms with van der Waals surface area (Å²) >= 11 is 1.75. The van der Waals surface area contributed by atoms with E-state index < -0.39 is 0 Å². The summed E-state index contributed by atoms with van der Waals surface area (Å²) in [6.45, 7) is 5.25. The van der Waals surface area contributed by atoms with Gasteiger partial charge in [-0.2, -0.15) is 0 Å². The third-order valence-electron chi connectivity index (χ3n) is 5.86. The fourth-order valence-corrected chi connectivity index (χ4v) is 5.44. The highest BCUT2D eigenvalue weighted by molar-refractivity contribution is 7.99. The lowest BCUT2D eigenvalue weighted by Crippen LogP contribution is -2.47. The van der Waals surface area contributed by atoms with Crippen LogP contribution in [0.2, 0.25) is 0 Å². The Morgan fingerprint density at radius 1 is 1.15 bits per heavy atom. The highest BCUT2D eigenvalue weighted by Gasteiger charge is 2.46. The topological polar surface area (TPSA) is 32.3 Å². The molecule has 4 rings (SSSR count). The Morgan fingerprint density at radius 3 is 2.59 bits per heavy atom. The smallest absolute Gasteiger partial charge is 0.253 e. The van der Waals surface area contributed by atoms with Gasteiger partial charge in [0.1, 0.15) is 4.87 Å². The van der Waals surface area contributed by atoms with Gasteiger partial charge in [-0.1, -0.05) is 61.5 Å². The molecule has 0 spiro atoms. The van der Waals surface area contributed by atoms with Gasteiger partial charge in [0.05, 0.1) is 0 Å². The number of hydrogen-bond donors (Lipinski definition) is 1. The van der Waals surface area contributed by atoms with E-state index in [9.17, 15) is 4.79 Å². The first-order valence-electron chi connectivity index (χ1n) is 9.58. The van der Waals surface area contributed by atoms with E-state index in [-0.39, 0.29) is 10.8 Å². The summed E-state index contributed by atoms with van der Waals surface area (Å²) in [6, 6.07) is 18.7. The Morgan fingerprint density at radius 2 is 1.89 bits per heavy atom. The molecule has 0 aromatic heterocycles. The zero-order valence-electron chi connectivity index (χ0n) is 15.9. The second-order valence-electron chi connectivity index (χ2n) is 7.45. The number of carbonyl (C=O) groups is 1. The van der Waals surface area contributed by atoms with Gasteiger partial charge in [0, 0.05) is 36.7 Å². The van der Waals surface area contributed by atoms with Crippen molar-refractivity contribution >= 4 is 23.2 Å². The van der Waals surface area contributed by atoms with Gasteiger partial charge in [0.25, 0.3) is 5.91 Å². The van der Waals surface area contributed by atoms with Gasteiger partial charge in [-0.3, -0.25) is 9.69 Å². The molecule has 0 radical (unpaired) electrons. The Bertz CT molecular complexity index is 864. The maximum absolute atomic E-state index is 12.5. The number of thioether (sulfide) groups is 1. The zero-order valence-corrected chi connectivity index (χ0v) is 16.8. The van der Waals surface area contributed by atoms with Gasteiger partial charge in [-0.15, -0.1) is 11.8 Å². The number of amides is 1. The van der Waals surface area contributed by atoms with Crippen LogP contribution in [0.3, 0.4) is 0 Å². The third-order valence-corrected chi connectivity index (χ3v) is 7.23. The largest absolute Gasteiger partial charge is 0.333 e. The van der Waals surface area contributed by atoms with Crippen molar-refractivity contribution in [2.75, 3.05) is 25.9 Å². The number of nitrogens with zero attached hydrogens (tertiary/aromatic N) is 1. The lowest BCUT2D eigenvalue weighted by molar-refractivity contribution is 0.0931. The van der Waals surface area contributed by atoms with Crippen LogP contribution in [0.5, 0.6) is 0 Å². The molecule has 2 heterocycles. The maximum atomic E-state index is 12.5. The number of benzene rings is 2. The highest BCUT2D eigenvalue weighted by atomic mass is 32.2. The standard InChI is InChI=1S/C23H26N2OS/c1-17(23(27-2)21-11-7-6-10-20(21)22(26)24-23)16-25-14-12-19(13-15-25)18-8-4-3-5-9-18/h3-12,17H,13-16H2,1-2H3,(H,24,26). The molecule has 3 nitrogen and oxygen atoms in total. The van der Waals surface area contributed by atoms with E-state index in [0.717, 1.165) is 37.2 Å². The van der Waals surface area contributed by atoms with Crippen LogP contribution in [0, 0.1) is 5.92 Å². The molecule has 0 fully saturated rings. The first-order valence-corrected chi connectivity index (χ1v) is 10.8. The van der Waals surface area contributed by atoms with Gasteiger partial charge in [-0.25, -0.2) is 0 Å². The average Bonchev–Trinajstić information content (AvgIpc) is 3.03. The van der Waals surface area contributed by atoms with Crippen molar-refractivity contribution < 1.29 is 4.79 Å². The summed E-state index contributed by atoms with van der Waals surface area (Å²) in [7, 11) is 0. The normalized spacial score (nSPS) is 23.5. The molecule has 2 aliphatic rings. The molecule has 1 amide bonds. The number of fused-ring (bicyclic) bond motifs is 1. The van der Waals surface area contributed by atoms with Crippen molar-refractivity contribution in [3.63, 3.8) is 0 Å². The van der Waals surface area contributed by atoms with E-state index in [4.69, 9.17) is 0 Å². The zero-order chi connectivity index (χ0) is 18.9. The predicted octanol–water partition coefficient (Wildman–Crippen LogP) is 4.37. The molecule has 0 bridgehead atoms. The van der Waals surface area contributed by atoms with Crippen LogP contribution in [0.25, 0.3) is 5.57 Å². The molecule has 2 aliphatic heterocycles. The summed E-state index contributed by atoms with van der Waals surface area (Å²) in [5, 5.41) is 3.29. The molecule has 2 unspecified atom stereocenters. The van der Waals surface area contributed by atoms with Crippen LogP contribution < -0.4 is 5.32 Å². The summed E-state index contributed by atoms with van der Waals surface area (Å²) in [4.78, 5) is 14.7. The van der Waals surface area contributed by atoms with Crippen molar-refractivity contribution in [1.82, 2.24) is 10.2 Å². The summed E-state index contributed by atoms with van der Waals surface area (Å²) in [5.74, 6) is 0.364. The summed E-state index contributed by atoms with van der Waals surface area (Å²) in [5.41, 5.74) is 4.73. The number of hydrogen-bond acceptors (Lipinski definition) is 3. The first kappa shape index (κ1) is 18.3. The minimum absolute atomic E-state index is 0.0525. The first-order chi connectivity index (χ1) is 13.1. The lowest BCUT2D eigenvalue weighted by atomic mass is 9.92. The number of carbonyl (C=O) groups excluding carboxylic acids is 1. The SMILES string of the molecule is CSC1(C(C)CN2CC=C(c3ccccc3)CC2)NC(=O)c2ccccc21. The second kappa shape index (κ2) is 7.53. The molecule has 0 aliphatic carbocycles. The summed E-state index contributed by atoms with van der Waals surface area (Å²) < 4.78 is 0. The Hall–Kier alpha value is -2.04. The molecule has 27 heavy (non-hydrogen) atoms. The minimum atomic E-state index is -0.336. The molecule has 0 saturated heterocycles. The number of rotatable bonds is 5. The van der Waals surface area contributed by atoms with Gasteiger partial charge >= 0.3 is 0 Å². The second-order valence-corrected chi connectivity index (χ2v) is 8.50. The maximum Gasteiger partial charge on any atom is 0.253 e. The molecule has 2 aromatic carbocycles. The minimum Gasteiger partial charge on any atom is -0.333 e. The van der Waals surface area contributed by atoms with Crippen molar-refractivity contribution in [3.8, 4) is 0 Å². The van der Waals surface area contributed by atoms with E-state index in [0.29, 0.717) is 5.92 Å². The van der Waals surface area contributed by atoms with Crippen LogP contribution in [-0.4, -0.2) is 36.7 Å². The van der Waals surface area contributed by atoms with Crippen LogP contribution in [0.4, 0.5) is 0 Å². The van der Waals surface area contributed by atoms with Gasteiger partial charge in [0.15, 0.2) is 0 Å². The summed E-state index contributed by atoms with van der Waals surface area (Å²) in [6.07, 6.45) is 5.53. The Kier molecular flexibility index (Phi) is 5.11. The van der Waals surface area contributed by atoms with Crippen LogP contribution in [0.15, 0.2) is 60.7 Å². The number of nitrogens with one attached hydrogen (secondary N) is 1.